The average Bonchev–Trinajstić information content (AvgIpc) is 2.53. The number of hydrogen-bond acceptors (Lipinski definition) is 4. The van der Waals surface area contributed by atoms with Gasteiger partial charge in [0.15, 0.2) is 0 Å². The molecule has 0 spiro atoms. The summed E-state index contributed by atoms with van der Waals surface area (Å²) in [6, 6.07) is 13.9. The van der Waals surface area contributed by atoms with E-state index in [1.807, 2.05) is 43.4 Å². The first-order chi connectivity index (χ1) is 10.1. The third kappa shape index (κ3) is 3.28. The smallest absolute Gasteiger partial charge is 0.119 e. The Morgan fingerprint density at radius 2 is 1.67 bits per heavy atom. The molecule has 0 aliphatic rings. The molecule has 4 heteroatoms. The molecule has 0 aromatic heterocycles. The Kier molecular flexibility index (Phi) is 4.70. The summed E-state index contributed by atoms with van der Waals surface area (Å²) in [4.78, 5) is 2.06. The van der Waals surface area contributed by atoms with Crippen LogP contribution in [0.5, 0.6) is 5.75 Å². The van der Waals surface area contributed by atoms with Gasteiger partial charge >= 0.3 is 0 Å². The number of methoxy groups -OCH3 is 1. The van der Waals surface area contributed by atoms with Crippen LogP contribution in [0.4, 0.5) is 17.1 Å². The molecular weight excluding hydrogens is 264 g/mol. The second kappa shape index (κ2) is 6.50. The molecule has 2 aromatic carbocycles. The topological polar surface area (TPSA) is 44.7 Å². The van der Waals surface area contributed by atoms with Crippen molar-refractivity contribution in [3.8, 4) is 5.75 Å². The first-order valence-electron chi connectivity index (χ1n) is 6.98. The van der Waals surface area contributed by atoms with E-state index < -0.39 is 0 Å². The van der Waals surface area contributed by atoms with Gasteiger partial charge in [-0.1, -0.05) is 19.9 Å². The molecule has 0 aliphatic carbocycles. The molecule has 0 amide bonds. The molecule has 112 valence electrons. The Morgan fingerprint density at radius 3 is 2.19 bits per heavy atom. The van der Waals surface area contributed by atoms with Gasteiger partial charge in [0.1, 0.15) is 5.75 Å². The Balaban J connectivity index is 2.31. The summed E-state index contributed by atoms with van der Waals surface area (Å²) in [7, 11) is 3.65. The van der Waals surface area contributed by atoms with E-state index in [0.717, 1.165) is 28.4 Å². The molecule has 0 fully saturated rings. The van der Waals surface area contributed by atoms with Crippen molar-refractivity contribution in [2.75, 3.05) is 24.5 Å². The molecular formula is C17H22N2O2. The molecule has 0 saturated heterocycles. The monoisotopic (exact) mass is 286 g/mol. The average molecular weight is 286 g/mol. The van der Waals surface area contributed by atoms with Gasteiger partial charge in [0.2, 0.25) is 0 Å². The molecule has 0 radical (unpaired) electrons. The zero-order valence-electron chi connectivity index (χ0n) is 12.9. The Morgan fingerprint density at radius 1 is 1.05 bits per heavy atom. The lowest BCUT2D eigenvalue weighted by Gasteiger charge is -2.22. The minimum Gasteiger partial charge on any atom is -0.497 e. The second-order valence-electron chi connectivity index (χ2n) is 5.30. The van der Waals surface area contributed by atoms with Crippen molar-refractivity contribution in [3.05, 3.63) is 48.0 Å². The van der Waals surface area contributed by atoms with E-state index in [9.17, 15) is 5.21 Å². The number of hydrogen-bond donors (Lipinski definition) is 2. The van der Waals surface area contributed by atoms with Gasteiger partial charge in [-0.25, -0.2) is 0 Å². The highest BCUT2D eigenvalue weighted by molar-refractivity contribution is 5.69. The fourth-order valence-corrected chi connectivity index (χ4v) is 2.31. The highest BCUT2D eigenvalue weighted by Crippen LogP contribution is 2.31. The van der Waals surface area contributed by atoms with Crippen molar-refractivity contribution in [1.29, 1.82) is 0 Å². The van der Waals surface area contributed by atoms with Crippen molar-refractivity contribution in [1.82, 2.24) is 0 Å². The van der Waals surface area contributed by atoms with Crippen molar-refractivity contribution >= 4 is 17.1 Å². The lowest BCUT2D eigenvalue weighted by atomic mass is 10.0. The first-order valence-corrected chi connectivity index (χ1v) is 6.98. The number of rotatable bonds is 5. The van der Waals surface area contributed by atoms with E-state index >= 15 is 0 Å². The zero-order valence-corrected chi connectivity index (χ0v) is 12.9. The first kappa shape index (κ1) is 15.2. The lowest BCUT2D eigenvalue weighted by molar-refractivity contribution is 0.387. The zero-order chi connectivity index (χ0) is 15.4. The maximum Gasteiger partial charge on any atom is 0.119 e. The van der Waals surface area contributed by atoms with Crippen LogP contribution in [0.2, 0.25) is 0 Å². The fourth-order valence-electron chi connectivity index (χ4n) is 2.31. The van der Waals surface area contributed by atoms with Crippen LogP contribution in [-0.2, 0) is 0 Å². The number of nitrogens with zero attached hydrogens (tertiary/aromatic N) is 1. The highest BCUT2D eigenvalue weighted by atomic mass is 16.5. The molecule has 0 unspecified atom stereocenters. The number of anilines is 3. The molecule has 2 aromatic rings. The second-order valence-corrected chi connectivity index (χ2v) is 5.30. The van der Waals surface area contributed by atoms with Crippen molar-refractivity contribution in [3.63, 3.8) is 0 Å². The van der Waals surface area contributed by atoms with E-state index in [1.54, 1.807) is 7.11 Å². The fraction of sp³-hybridized carbons (Fsp3) is 0.294. The number of ether oxygens (including phenoxy) is 1. The van der Waals surface area contributed by atoms with Crippen LogP contribution in [0, 0.1) is 0 Å². The molecule has 2 N–H and O–H groups in total. The van der Waals surface area contributed by atoms with Crippen LogP contribution < -0.4 is 15.1 Å². The Bertz CT molecular complexity index is 594. The largest absolute Gasteiger partial charge is 0.497 e. The Labute approximate surface area is 125 Å². The summed E-state index contributed by atoms with van der Waals surface area (Å²) in [6.45, 7) is 4.20. The molecule has 0 bridgehead atoms. The van der Waals surface area contributed by atoms with E-state index in [2.05, 4.69) is 30.3 Å². The summed E-state index contributed by atoms with van der Waals surface area (Å²) in [5.74, 6) is 1.18. The van der Waals surface area contributed by atoms with Crippen molar-refractivity contribution < 1.29 is 9.94 Å². The van der Waals surface area contributed by atoms with Crippen molar-refractivity contribution in [2.45, 2.75) is 19.8 Å². The van der Waals surface area contributed by atoms with E-state index in [-0.39, 0.29) is 0 Å². The van der Waals surface area contributed by atoms with Crippen LogP contribution >= 0.6 is 0 Å². The molecule has 0 atom stereocenters. The highest BCUT2D eigenvalue weighted by Gasteiger charge is 2.10. The van der Waals surface area contributed by atoms with Crippen LogP contribution in [0.1, 0.15) is 25.3 Å². The third-order valence-corrected chi connectivity index (χ3v) is 3.63. The van der Waals surface area contributed by atoms with Crippen molar-refractivity contribution in [2.24, 2.45) is 0 Å². The van der Waals surface area contributed by atoms with E-state index in [0.29, 0.717) is 5.92 Å². The standard InChI is InChI=1S/C17H22N2O2/c1-12(2)16-10-7-14(11-17(16)18-20)19(3)13-5-8-15(21-4)9-6-13/h5-12,18,20H,1-4H3. The van der Waals surface area contributed by atoms with Crippen LogP contribution in [0.3, 0.4) is 0 Å². The van der Waals surface area contributed by atoms with Crippen LogP contribution in [0.25, 0.3) is 0 Å². The van der Waals surface area contributed by atoms with Gasteiger partial charge in [-0.05, 0) is 47.9 Å². The minimum atomic E-state index is 0.347. The minimum absolute atomic E-state index is 0.347. The van der Waals surface area contributed by atoms with Crippen LogP contribution in [-0.4, -0.2) is 19.4 Å². The molecule has 4 nitrogen and oxygen atoms in total. The summed E-state index contributed by atoms with van der Waals surface area (Å²) >= 11 is 0. The predicted octanol–water partition coefficient (Wildman–Crippen LogP) is 4.39. The van der Waals surface area contributed by atoms with Gasteiger partial charge in [0, 0.05) is 18.4 Å². The third-order valence-electron chi connectivity index (χ3n) is 3.63. The SMILES string of the molecule is COc1ccc(N(C)c2ccc(C(C)C)c(NO)c2)cc1. The van der Waals surface area contributed by atoms with E-state index in [1.165, 1.54) is 0 Å². The quantitative estimate of drug-likeness (QED) is 0.800. The van der Waals surface area contributed by atoms with Gasteiger partial charge < -0.3 is 9.64 Å². The molecule has 2 rings (SSSR count). The van der Waals surface area contributed by atoms with Gasteiger partial charge in [-0.15, -0.1) is 0 Å². The maximum absolute atomic E-state index is 9.33. The molecule has 0 aliphatic heterocycles. The van der Waals surface area contributed by atoms with Gasteiger partial charge in [0.25, 0.3) is 0 Å². The number of nitrogens with one attached hydrogen (secondary N) is 1. The molecule has 21 heavy (non-hydrogen) atoms. The maximum atomic E-state index is 9.33. The Hall–Kier alpha value is -2.20. The molecule has 0 saturated carbocycles. The van der Waals surface area contributed by atoms with Crippen LogP contribution in [0.15, 0.2) is 42.5 Å². The van der Waals surface area contributed by atoms with Gasteiger partial charge in [-0.2, -0.15) is 0 Å². The van der Waals surface area contributed by atoms with Gasteiger partial charge in [0.05, 0.1) is 12.8 Å². The summed E-state index contributed by atoms with van der Waals surface area (Å²) in [5, 5.41) is 9.33. The molecule has 0 heterocycles. The lowest BCUT2D eigenvalue weighted by Crippen LogP contribution is -2.10. The predicted molar refractivity (Wildman–Crippen MR) is 87.0 cm³/mol. The number of benzene rings is 2. The normalized spacial score (nSPS) is 10.6. The summed E-state index contributed by atoms with van der Waals surface area (Å²) < 4.78 is 5.17. The van der Waals surface area contributed by atoms with Gasteiger partial charge in [-0.3, -0.25) is 10.7 Å². The van der Waals surface area contributed by atoms with E-state index in [4.69, 9.17) is 4.74 Å². The summed E-state index contributed by atoms with van der Waals surface area (Å²) in [6.07, 6.45) is 0. The summed E-state index contributed by atoms with van der Waals surface area (Å²) in [5.41, 5.74) is 6.18.